The lowest BCUT2D eigenvalue weighted by Gasteiger charge is -2.16. The molecule has 0 spiro atoms. The molecule has 0 amide bonds. The average Bonchev–Trinajstić information content (AvgIpc) is 2.92. The Morgan fingerprint density at radius 1 is 1.09 bits per heavy atom. The third-order valence-corrected chi connectivity index (χ3v) is 4.52. The lowest BCUT2D eigenvalue weighted by Crippen LogP contribution is -2.20. The van der Waals surface area contributed by atoms with Crippen LogP contribution in [0.2, 0.25) is 0 Å². The van der Waals surface area contributed by atoms with E-state index in [0.29, 0.717) is 0 Å². The normalized spacial score (nSPS) is 17.5. The predicted octanol–water partition coefficient (Wildman–Crippen LogP) is 4.78. The molecule has 1 aromatic rings. The van der Waals surface area contributed by atoms with Crippen LogP contribution >= 0.6 is 0 Å². The van der Waals surface area contributed by atoms with Crippen LogP contribution in [-0.4, -0.2) is 25.0 Å². The first kappa shape index (κ1) is 15.1. The van der Waals surface area contributed by atoms with Gasteiger partial charge in [-0.1, -0.05) is 54.6 Å². The van der Waals surface area contributed by atoms with Crippen LogP contribution in [0.25, 0.3) is 5.57 Å². The molecule has 1 aromatic carbocycles. The van der Waals surface area contributed by atoms with Crippen molar-refractivity contribution in [3.63, 3.8) is 0 Å². The van der Waals surface area contributed by atoms with Crippen molar-refractivity contribution in [2.24, 2.45) is 0 Å². The van der Waals surface area contributed by atoms with E-state index in [1.807, 2.05) is 0 Å². The van der Waals surface area contributed by atoms with E-state index in [1.54, 1.807) is 0 Å². The van der Waals surface area contributed by atoms with Gasteiger partial charge in [-0.05, 0) is 61.1 Å². The highest BCUT2D eigenvalue weighted by atomic mass is 15.1. The zero-order valence-electron chi connectivity index (χ0n) is 13.7. The molecule has 0 heterocycles. The van der Waals surface area contributed by atoms with Crippen molar-refractivity contribution in [2.75, 3.05) is 20.1 Å². The summed E-state index contributed by atoms with van der Waals surface area (Å²) in [7, 11) is 2.20. The highest BCUT2D eigenvalue weighted by Crippen LogP contribution is 2.27. The van der Waals surface area contributed by atoms with Gasteiger partial charge in [-0.3, -0.25) is 4.90 Å². The largest absolute Gasteiger partial charge is 0.298 e. The van der Waals surface area contributed by atoms with Crippen molar-refractivity contribution in [1.29, 1.82) is 0 Å². The van der Waals surface area contributed by atoms with Crippen LogP contribution in [0, 0.1) is 0 Å². The van der Waals surface area contributed by atoms with E-state index in [1.165, 1.54) is 40.7 Å². The first-order valence-electron chi connectivity index (χ1n) is 8.24. The summed E-state index contributed by atoms with van der Waals surface area (Å²) in [6.07, 6.45) is 15.1. The molecule has 0 saturated heterocycles. The fourth-order valence-corrected chi connectivity index (χ4v) is 3.24. The van der Waals surface area contributed by atoms with Gasteiger partial charge in [-0.2, -0.15) is 0 Å². The number of hydrogen-bond donors (Lipinski definition) is 0. The van der Waals surface area contributed by atoms with Gasteiger partial charge in [0.05, 0.1) is 0 Å². The summed E-state index contributed by atoms with van der Waals surface area (Å²) in [6.45, 7) is 4.22. The van der Waals surface area contributed by atoms with Crippen LogP contribution in [0.5, 0.6) is 0 Å². The fraction of sp³-hybridized carbons (Fsp3) is 0.333. The number of rotatable bonds is 5. The second-order valence-electron chi connectivity index (χ2n) is 6.31. The third kappa shape index (κ3) is 3.48. The molecule has 0 fully saturated rings. The second kappa shape index (κ2) is 6.93. The molecule has 2 aliphatic rings. The number of fused-ring (bicyclic) bond motifs is 1. The first-order valence-corrected chi connectivity index (χ1v) is 8.24. The first-order chi connectivity index (χ1) is 10.7. The van der Waals surface area contributed by atoms with E-state index in [2.05, 4.69) is 73.5 Å². The lowest BCUT2D eigenvalue weighted by molar-refractivity contribution is 0.418. The van der Waals surface area contributed by atoms with Gasteiger partial charge in [0.15, 0.2) is 0 Å². The maximum Gasteiger partial charge on any atom is 0.0236 e. The van der Waals surface area contributed by atoms with Crippen LogP contribution in [0.4, 0.5) is 0 Å². The van der Waals surface area contributed by atoms with Crippen LogP contribution in [-0.2, 0) is 6.42 Å². The van der Waals surface area contributed by atoms with E-state index in [9.17, 15) is 0 Å². The summed E-state index contributed by atoms with van der Waals surface area (Å²) < 4.78 is 0. The van der Waals surface area contributed by atoms with Crippen molar-refractivity contribution < 1.29 is 0 Å². The Morgan fingerprint density at radius 3 is 2.77 bits per heavy atom. The Bertz CT molecular complexity index is 658. The third-order valence-electron chi connectivity index (χ3n) is 4.52. The number of benzene rings is 1. The van der Waals surface area contributed by atoms with Gasteiger partial charge in [0.25, 0.3) is 0 Å². The van der Waals surface area contributed by atoms with E-state index in [0.717, 1.165) is 19.5 Å². The molecule has 1 heteroatoms. The standard InChI is InChI=1S/C21H25N/c1-17-8-3-4-9-18(17)11-7-15-22(2)16-20-14-13-19-10-5-6-12-21(19)20/h5-12,14H,3-4,13,15-16H2,1-2H3/b11-7+. The van der Waals surface area contributed by atoms with Crippen molar-refractivity contribution in [3.05, 3.63) is 76.9 Å². The second-order valence-corrected chi connectivity index (χ2v) is 6.31. The van der Waals surface area contributed by atoms with Gasteiger partial charge < -0.3 is 0 Å². The molecule has 114 valence electrons. The smallest absolute Gasteiger partial charge is 0.0236 e. The lowest BCUT2D eigenvalue weighted by atomic mass is 9.99. The minimum Gasteiger partial charge on any atom is -0.298 e. The average molecular weight is 291 g/mol. The molecule has 0 saturated carbocycles. The van der Waals surface area contributed by atoms with Crippen LogP contribution in [0.3, 0.4) is 0 Å². The van der Waals surface area contributed by atoms with Crippen LogP contribution in [0.1, 0.15) is 30.9 Å². The molecule has 0 atom stereocenters. The summed E-state index contributed by atoms with van der Waals surface area (Å²) in [5, 5.41) is 0. The number of allylic oxidation sites excluding steroid dienone is 6. The molecule has 0 radical (unpaired) electrons. The topological polar surface area (TPSA) is 3.24 Å². The highest BCUT2D eigenvalue weighted by molar-refractivity contribution is 5.74. The molecule has 0 N–H and O–H groups in total. The number of nitrogens with zero attached hydrogens (tertiary/aromatic N) is 1. The number of likely N-dealkylation sites (N-methyl/N-ethyl adjacent to an activating group) is 1. The summed E-state index contributed by atoms with van der Waals surface area (Å²) in [5.41, 5.74) is 7.18. The molecule has 0 unspecified atom stereocenters. The van der Waals surface area contributed by atoms with Crippen molar-refractivity contribution in [2.45, 2.75) is 26.2 Å². The number of hydrogen-bond acceptors (Lipinski definition) is 1. The Labute approximate surface area is 134 Å². The SMILES string of the molecule is CC1=CCCC=C1/C=C/CN(C)CC1=CCc2ccccc21. The molecule has 22 heavy (non-hydrogen) atoms. The maximum absolute atomic E-state index is 2.38. The van der Waals surface area contributed by atoms with Crippen LogP contribution in [0.15, 0.2) is 65.8 Å². The highest BCUT2D eigenvalue weighted by Gasteiger charge is 2.14. The Kier molecular flexibility index (Phi) is 4.74. The van der Waals surface area contributed by atoms with Gasteiger partial charge in [0.1, 0.15) is 0 Å². The van der Waals surface area contributed by atoms with Gasteiger partial charge in [-0.15, -0.1) is 0 Å². The Hall–Kier alpha value is -1.86. The van der Waals surface area contributed by atoms with Crippen molar-refractivity contribution in [3.8, 4) is 0 Å². The van der Waals surface area contributed by atoms with E-state index >= 15 is 0 Å². The summed E-state index contributed by atoms with van der Waals surface area (Å²) in [4.78, 5) is 2.38. The minimum absolute atomic E-state index is 0.990. The molecule has 0 bridgehead atoms. The molecule has 1 nitrogen and oxygen atoms in total. The molecule has 0 aromatic heterocycles. The quantitative estimate of drug-likeness (QED) is 0.754. The summed E-state index contributed by atoms with van der Waals surface area (Å²) >= 11 is 0. The monoisotopic (exact) mass is 291 g/mol. The van der Waals surface area contributed by atoms with Crippen LogP contribution < -0.4 is 0 Å². The zero-order valence-corrected chi connectivity index (χ0v) is 13.7. The molecule has 3 rings (SSSR count). The molecular formula is C21H25N. The van der Waals surface area contributed by atoms with Gasteiger partial charge >= 0.3 is 0 Å². The van der Waals surface area contributed by atoms with E-state index in [4.69, 9.17) is 0 Å². The molecule has 0 aliphatic heterocycles. The van der Waals surface area contributed by atoms with Gasteiger partial charge in [-0.25, -0.2) is 0 Å². The predicted molar refractivity (Wildman–Crippen MR) is 95.8 cm³/mol. The van der Waals surface area contributed by atoms with Crippen molar-refractivity contribution in [1.82, 2.24) is 4.90 Å². The minimum atomic E-state index is 0.990. The van der Waals surface area contributed by atoms with Gasteiger partial charge in [0, 0.05) is 13.1 Å². The van der Waals surface area contributed by atoms with Crippen molar-refractivity contribution >= 4 is 5.57 Å². The fourth-order valence-electron chi connectivity index (χ4n) is 3.24. The van der Waals surface area contributed by atoms with Gasteiger partial charge in [0.2, 0.25) is 0 Å². The molecular weight excluding hydrogens is 266 g/mol. The van der Waals surface area contributed by atoms with E-state index < -0.39 is 0 Å². The summed E-state index contributed by atoms with van der Waals surface area (Å²) in [5.74, 6) is 0. The summed E-state index contributed by atoms with van der Waals surface area (Å²) in [6, 6.07) is 8.76. The zero-order chi connectivity index (χ0) is 15.4. The molecule has 2 aliphatic carbocycles. The Morgan fingerprint density at radius 2 is 1.91 bits per heavy atom. The Balaban J connectivity index is 1.55. The maximum atomic E-state index is 2.38. The van der Waals surface area contributed by atoms with E-state index in [-0.39, 0.29) is 0 Å².